The monoisotopic (exact) mass is 396 g/mol. The van der Waals surface area contributed by atoms with Crippen LogP contribution in [0.2, 0.25) is 0 Å². The van der Waals surface area contributed by atoms with Crippen LogP contribution in [0.3, 0.4) is 0 Å². The van der Waals surface area contributed by atoms with E-state index in [2.05, 4.69) is 11.1 Å². The smallest absolute Gasteiger partial charge is 0.161 e. The predicted molar refractivity (Wildman–Crippen MR) is 112 cm³/mol. The van der Waals surface area contributed by atoms with Crippen molar-refractivity contribution in [3.8, 4) is 40.0 Å². The van der Waals surface area contributed by atoms with Gasteiger partial charge in [-0.2, -0.15) is 5.26 Å². The van der Waals surface area contributed by atoms with Crippen molar-refractivity contribution < 1.29 is 9.84 Å². The summed E-state index contributed by atoms with van der Waals surface area (Å²) in [4.78, 5) is 4.35. The number of ether oxygens (including phenoxy) is 1. The van der Waals surface area contributed by atoms with E-state index < -0.39 is 0 Å². The second-order valence-electron chi connectivity index (χ2n) is 6.05. The highest BCUT2D eigenvalue weighted by Crippen LogP contribution is 2.35. The molecule has 0 unspecified atom stereocenters. The van der Waals surface area contributed by atoms with Gasteiger partial charge in [-0.25, -0.2) is 4.98 Å². The quantitative estimate of drug-likeness (QED) is 0.607. The highest BCUT2D eigenvalue weighted by atomic mass is 35.5. The van der Waals surface area contributed by atoms with E-state index in [4.69, 9.17) is 16.2 Å². The summed E-state index contributed by atoms with van der Waals surface area (Å²) >= 11 is 0. The molecule has 7 heteroatoms. The molecule has 1 aromatic heterocycles. The van der Waals surface area contributed by atoms with E-state index >= 15 is 0 Å². The summed E-state index contributed by atoms with van der Waals surface area (Å²) in [7, 11) is 1.48. The number of phenols is 1. The minimum absolute atomic E-state index is 0. The SMILES string of the molecule is COc1cc(-c2cc(-c3ccc(CCN)cc3)c(C#N)c(N)n2)ccc1O.Cl. The predicted octanol–water partition coefficient (Wildman–Crippen LogP) is 3.51. The molecule has 0 amide bonds. The van der Waals surface area contributed by atoms with Gasteiger partial charge in [0, 0.05) is 11.1 Å². The number of pyridine rings is 1. The topological polar surface area (TPSA) is 118 Å². The normalized spacial score (nSPS) is 10.0. The van der Waals surface area contributed by atoms with Crippen molar-refractivity contribution in [2.75, 3.05) is 19.4 Å². The molecule has 0 aliphatic heterocycles. The second-order valence-corrected chi connectivity index (χ2v) is 6.05. The van der Waals surface area contributed by atoms with E-state index in [1.54, 1.807) is 12.1 Å². The molecule has 2 aromatic carbocycles. The summed E-state index contributed by atoms with van der Waals surface area (Å²) in [5.41, 5.74) is 16.0. The molecule has 0 saturated heterocycles. The lowest BCUT2D eigenvalue weighted by Gasteiger charge is -2.12. The van der Waals surface area contributed by atoms with E-state index in [1.165, 1.54) is 13.2 Å². The molecule has 0 fully saturated rings. The molecule has 0 bridgehead atoms. The Kier molecular flexibility index (Phi) is 6.83. The van der Waals surface area contributed by atoms with Crippen LogP contribution in [-0.4, -0.2) is 23.7 Å². The van der Waals surface area contributed by atoms with Crippen molar-refractivity contribution in [2.24, 2.45) is 5.73 Å². The largest absolute Gasteiger partial charge is 0.504 e. The van der Waals surface area contributed by atoms with E-state index in [-0.39, 0.29) is 24.0 Å². The van der Waals surface area contributed by atoms with Gasteiger partial charge in [-0.15, -0.1) is 12.4 Å². The van der Waals surface area contributed by atoms with E-state index in [1.807, 2.05) is 30.3 Å². The number of nitrogens with two attached hydrogens (primary N) is 2. The van der Waals surface area contributed by atoms with Crippen molar-refractivity contribution >= 4 is 18.2 Å². The maximum atomic E-state index is 9.80. The molecule has 1 heterocycles. The molecular formula is C21H21ClN4O2. The molecule has 0 radical (unpaired) electrons. The number of aromatic hydroxyl groups is 1. The summed E-state index contributed by atoms with van der Waals surface area (Å²) in [6.07, 6.45) is 0.794. The Morgan fingerprint density at radius 3 is 2.39 bits per heavy atom. The van der Waals surface area contributed by atoms with E-state index in [0.29, 0.717) is 29.1 Å². The molecular weight excluding hydrogens is 376 g/mol. The lowest BCUT2D eigenvalue weighted by atomic mass is 9.97. The first-order chi connectivity index (χ1) is 13.1. The zero-order chi connectivity index (χ0) is 19.4. The van der Waals surface area contributed by atoms with Crippen molar-refractivity contribution in [3.63, 3.8) is 0 Å². The number of halogens is 1. The Labute approximate surface area is 169 Å². The number of anilines is 1. The van der Waals surface area contributed by atoms with Crippen molar-refractivity contribution in [3.05, 3.63) is 59.7 Å². The summed E-state index contributed by atoms with van der Waals surface area (Å²) in [5.74, 6) is 0.534. The zero-order valence-electron chi connectivity index (χ0n) is 15.3. The lowest BCUT2D eigenvalue weighted by Crippen LogP contribution is -2.02. The summed E-state index contributed by atoms with van der Waals surface area (Å²) in [5, 5.41) is 19.3. The molecule has 28 heavy (non-hydrogen) atoms. The third-order valence-corrected chi connectivity index (χ3v) is 4.33. The number of hydrogen-bond acceptors (Lipinski definition) is 6. The van der Waals surface area contributed by atoms with Crippen LogP contribution in [0.25, 0.3) is 22.4 Å². The Bertz CT molecular complexity index is 1010. The summed E-state index contributed by atoms with van der Waals surface area (Å²) in [6, 6.07) is 16.8. The molecule has 5 N–H and O–H groups in total. The van der Waals surface area contributed by atoms with Gasteiger partial charge in [0.25, 0.3) is 0 Å². The van der Waals surface area contributed by atoms with Crippen LogP contribution >= 0.6 is 12.4 Å². The molecule has 144 valence electrons. The van der Waals surface area contributed by atoms with Gasteiger partial charge in [0.2, 0.25) is 0 Å². The van der Waals surface area contributed by atoms with E-state index in [9.17, 15) is 10.4 Å². The number of nitrogen functional groups attached to an aromatic ring is 1. The van der Waals surface area contributed by atoms with Gasteiger partial charge in [0.15, 0.2) is 11.5 Å². The van der Waals surface area contributed by atoms with Crippen molar-refractivity contribution in [1.29, 1.82) is 5.26 Å². The van der Waals surface area contributed by atoms with Gasteiger partial charge in [-0.05, 0) is 48.4 Å². The standard InChI is InChI=1S/C21H20N4O2.ClH/c1-27-20-10-15(6-7-19(20)26)18-11-16(17(12-23)21(24)25-18)14-4-2-13(3-5-14)8-9-22;/h2-7,10-11,26H,8-9,22H2,1H3,(H2,24,25);1H. The Morgan fingerprint density at radius 1 is 1.11 bits per heavy atom. The number of nitrogens with zero attached hydrogens (tertiary/aromatic N) is 2. The molecule has 0 saturated carbocycles. The Morgan fingerprint density at radius 2 is 1.79 bits per heavy atom. The molecule has 3 aromatic rings. The van der Waals surface area contributed by atoms with Crippen LogP contribution in [0, 0.1) is 11.3 Å². The Hall–Kier alpha value is -3.27. The number of aromatic nitrogens is 1. The molecule has 0 aliphatic carbocycles. The molecule has 0 spiro atoms. The average molecular weight is 397 g/mol. The van der Waals surface area contributed by atoms with Gasteiger partial charge in [0.1, 0.15) is 17.5 Å². The number of methoxy groups -OCH3 is 1. The number of nitriles is 1. The van der Waals surface area contributed by atoms with Crippen LogP contribution in [0.1, 0.15) is 11.1 Å². The number of rotatable bonds is 5. The van der Waals surface area contributed by atoms with Crippen LogP contribution in [0.4, 0.5) is 5.82 Å². The van der Waals surface area contributed by atoms with Gasteiger partial charge < -0.3 is 21.3 Å². The maximum absolute atomic E-state index is 9.80. The van der Waals surface area contributed by atoms with Gasteiger partial charge >= 0.3 is 0 Å². The first kappa shape index (κ1) is 21.0. The molecule has 0 aliphatic rings. The fraction of sp³-hybridized carbons (Fsp3) is 0.143. The molecule has 6 nitrogen and oxygen atoms in total. The second kappa shape index (κ2) is 9.09. The van der Waals surface area contributed by atoms with Crippen molar-refractivity contribution in [1.82, 2.24) is 4.98 Å². The lowest BCUT2D eigenvalue weighted by molar-refractivity contribution is 0.373. The fourth-order valence-electron chi connectivity index (χ4n) is 2.91. The summed E-state index contributed by atoms with van der Waals surface area (Å²) < 4.78 is 5.16. The Balaban J connectivity index is 0.00000280. The molecule has 0 atom stereocenters. The maximum Gasteiger partial charge on any atom is 0.161 e. The first-order valence-electron chi connectivity index (χ1n) is 8.44. The third kappa shape index (κ3) is 4.17. The van der Waals surface area contributed by atoms with Crippen molar-refractivity contribution in [2.45, 2.75) is 6.42 Å². The third-order valence-electron chi connectivity index (χ3n) is 4.33. The van der Waals surface area contributed by atoms with Crippen LogP contribution < -0.4 is 16.2 Å². The highest BCUT2D eigenvalue weighted by molar-refractivity contribution is 5.85. The average Bonchev–Trinajstić information content (AvgIpc) is 2.68. The van der Waals surface area contributed by atoms with Gasteiger partial charge in [0.05, 0.1) is 12.8 Å². The van der Waals surface area contributed by atoms with Crippen LogP contribution in [-0.2, 0) is 6.42 Å². The first-order valence-corrected chi connectivity index (χ1v) is 8.44. The van der Waals surface area contributed by atoms with E-state index in [0.717, 1.165) is 23.1 Å². The molecule has 3 rings (SSSR count). The summed E-state index contributed by atoms with van der Waals surface area (Å²) in [6.45, 7) is 0.581. The highest BCUT2D eigenvalue weighted by Gasteiger charge is 2.14. The zero-order valence-corrected chi connectivity index (χ0v) is 16.2. The minimum atomic E-state index is 0. The van der Waals surface area contributed by atoms with Crippen LogP contribution in [0.15, 0.2) is 48.5 Å². The minimum Gasteiger partial charge on any atom is -0.504 e. The van der Waals surface area contributed by atoms with Gasteiger partial charge in [-0.3, -0.25) is 0 Å². The number of phenolic OH excluding ortho intramolecular Hbond substituents is 1. The number of hydrogen-bond donors (Lipinski definition) is 3. The fourth-order valence-corrected chi connectivity index (χ4v) is 2.91. The van der Waals surface area contributed by atoms with Crippen LogP contribution in [0.5, 0.6) is 11.5 Å². The number of benzene rings is 2. The van der Waals surface area contributed by atoms with Gasteiger partial charge in [-0.1, -0.05) is 24.3 Å².